The molecule has 0 saturated carbocycles. The highest BCUT2D eigenvalue weighted by Crippen LogP contribution is 2.25. The number of nitrogens with zero attached hydrogens (tertiary/aromatic N) is 3. The predicted molar refractivity (Wildman–Crippen MR) is 90.5 cm³/mol. The summed E-state index contributed by atoms with van der Waals surface area (Å²) in [5.74, 6) is 2.17. The molecule has 7 heteroatoms. The molecule has 2 aromatic rings. The van der Waals surface area contributed by atoms with E-state index in [0.29, 0.717) is 44.4 Å². The van der Waals surface area contributed by atoms with Crippen LogP contribution in [0.1, 0.15) is 30.1 Å². The highest BCUT2D eigenvalue weighted by atomic mass is 16.5. The smallest absolute Gasteiger partial charge is 0.248 e. The zero-order valence-corrected chi connectivity index (χ0v) is 14.6. The average molecular weight is 345 g/mol. The van der Waals surface area contributed by atoms with E-state index in [1.165, 1.54) is 0 Å². The van der Waals surface area contributed by atoms with E-state index in [-0.39, 0.29) is 18.4 Å². The molecule has 1 aromatic carbocycles. The van der Waals surface area contributed by atoms with Crippen LogP contribution in [0.2, 0.25) is 0 Å². The maximum atomic E-state index is 11.8. The third-order valence-electron chi connectivity index (χ3n) is 4.08. The summed E-state index contributed by atoms with van der Waals surface area (Å²) in [6, 6.07) is 7.91. The largest absolute Gasteiger partial charge is 0.493 e. The molecule has 25 heavy (non-hydrogen) atoms. The van der Waals surface area contributed by atoms with Crippen LogP contribution < -0.4 is 4.74 Å². The Hall–Kier alpha value is -2.41. The standard InChI is InChI=1S/C18H23N3O4/c1-3-23-12-17(22)21-10-14(11-21)18-19-16(20-25-18)7-8-24-15-6-4-5-13(2)9-15/h4-6,9,14H,3,7-8,10-12H2,1-2H3. The van der Waals surface area contributed by atoms with Crippen LogP contribution in [0.4, 0.5) is 0 Å². The first-order chi connectivity index (χ1) is 12.2. The lowest BCUT2D eigenvalue weighted by molar-refractivity contribution is -0.140. The fourth-order valence-electron chi connectivity index (χ4n) is 2.62. The van der Waals surface area contributed by atoms with Crippen LogP contribution in [0.15, 0.2) is 28.8 Å². The van der Waals surface area contributed by atoms with Gasteiger partial charge in [-0.3, -0.25) is 4.79 Å². The molecule has 1 aliphatic rings. The fraction of sp³-hybridized carbons (Fsp3) is 0.500. The SMILES string of the molecule is CCOCC(=O)N1CC(c2nc(CCOc3cccc(C)c3)no2)C1. The number of likely N-dealkylation sites (tertiary alicyclic amines) is 1. The van der Waals surface area contributed by atoms with Gasteiger partial charge >= 0.3 is 0 Å². The molecule has 1 aromatic heterocycles. The lowest BCUT2D eigenvalue weighted by Crippen LogP contribution is -2.49. The van der Waals surface area contributed by atoms with Crippen molar-refractivity contribution in [3.8, 4) is 5.75 Å². The van der Waals surface area contributed by atoms with E-state index < -0.39 is 0 Å². The van der Waals surface area contributed by atoms with Crippen molar-refractivity contribution in [2.45, 2.75) is 26.2 Å². The summed E-state index contributed by atoms with van der Waals surface area (Å²) in [5, 5.41) is 3.99. The predicted octanol–water partition coefficient (Wildman–Crippen LogP) is 1.96. The van der Waals surface area contributed by atoms with Gasteiger partial charge in [-0.15, -0.1) is 0 Å². The van der Waals surface area contributed by atoms with Crippen molar-refractivity contribution >= 4 is 5.91 Å². The number of ether oxygens (including phenoxy) is 2. The highest BCUT2D eigenvalue weighted by Gasteiger charge is 2.35. The molecule has 1 fully saturated rings. The van der Waals surface area contributed by atoms with E-state index in [1.807, 2.05) is 38.1 Å². The normalized spacial score (nSPS) is 14.4. The summed E-state index contributed by atoms with van der Waals surface area (Å²) in [4.78, 5) is 17.9. The number of carbonyl (C=O) groups excluding carboxylic acids is 1. The van der Waals surface area contributed by atoms with Crippen LogP contribution in [0.5, 0.6) is 5.75 Å². The molecule has 0 spiro atoms. The van der Waals surface area contributed by atoms with Gasteiger partial charge in [0.15, 0.2) is 5.82 Å². The quantitative estimate of drug-likeness (QED) is 0.728. The average Bonchev–Trinajstić information content (AvgIpc) is 3.00. The van der Waals surface area contributed by atoms with Crippen molar-refractivity contribution in [2.75, 3.05) is 32.9 Å². The summed E-state index contributed by atoms with van der Waals surface area (Å²) in [5.41, 5.74) is 1.16. The topological polar surface area (TPSA) is 77.7 Å². The molecule has 0 unspecified atom stereocenters. The number of hydrogen-bond donors (Lipinski definition) is 0. The second kappa shape index (κ2) is 8.11. The number of hydrogen-bond acceptors (Lipinski definition) is 6. The number of aromatic nitrogens is 2. The van der Waals surface area contributed by atoms with Crippen molar-refractivity contribution in [3.05, 3.63) is 41.5 Å². The van der Waals surface area contributed by atoms with Gasteiger partial charge in [-0.05, 0) is 31.5 Å². The van der Waals surface area contributed by atoms with Gasteiger partial charge in [-0.2, -0.15) is 4.98 Å². The molecule has 0 aliphatic carbocycles. The minimum Gasteiger partial charge on any atom is -0.493 e. The van der Waals surface area contributed by atoms with Crippen molar-refractivity contribution in [1.29, 1.82) is 0 Å². The van der Waals surface area contributed by atoms with Crippen LogP contribution in [0, 0.1) is 6.92 Å². The Morgan fingerprint density at radius 1 is 1.40 bits per heavy atom. The molecule has 0 atom stereocenters. The van der Waals surface area contributed by atoms with Gasteiger partial charge in [-0.1, -0.05) is 17.3 Å². The fourth-order valence-corrected chi connectivity index (χ4v) is 2.62. The van der Waals surface area contributed by atoms with Crippen molar-refractivity contribution in [3.63, 3.8) is 0 Å². The Balaban J connectivity index is 1.42. The van der Waals surface area contributed by atoms with E-state index in [9.17, 15) is 4.79 Å². The monoisotopic (exact) mass is 345 g/mol. The lowest BCUT2D eigenvalue weighted by Gasteiger charge is -2.36. The third kappa shape index (κ3) is 4.57. The molecule has 1 amide bonds. The van der Waals surface area contributed by atoms with E-state index >= 15 is 0 Å². The molecule has 0 bridgehead atoms. The van der Waals surface area contributed by atoms with Gasteiger partial charge in [0.05, 0.1) is 12.5 Å². The Kier molecular flexibility index (Phi) is 5.65. The Bertz CT molecular complexity index is 710. The summed E-state index contributed by atoms with van der Waals surface area (Å²) in [7, 11) is 0. The number of rotatable bonds is 8. The Labute approximate surface area is 146 Å². The minimum absolute atomic E-state index is 0.00407. The van der Waals surface area contributed by atoms with E-state index in [4.69, 9.17) is 14.0 Å². The molecular formula is C18H23N3O4. The zero-order valence-electron chi connectivity index (χ0n) is 14.6. The molecule has 0 radical (unpaired) electrons. The number of amides is 1. The Morgan fingerprint density at radius 3 is 3.00 bits per heavy atom. The van der Waals surface area contributed by atoms with E-state index in [1.54, 1.807) is 4.90 Å². The summed E-state index contributed by atoms with van der Waals surface area (Å²) >= 11 is 0. The minimum atomic E-state index is 0.00407. The van der Waals surface area contributed by atoms with E-state index in [0.717, 1.165) is 11.3 Å². The maximum Gasteiger partial charge on any atom is 0.248 e. The van der Waals surface area contributed by atoms with Crippen molar-refractivity contribution in [2.24, 2.45) is 0 Å². The van der Waals surface area contributed by atoms with Crippen LogP contribution in [-0.4, -0.2) is 53.9 Å². The van der Waals surface area contributed by atoms with Crippen LogP contribution in [0.25, 0.3) is 0 Å². The van der Waals surface area contributed by atoms with Gasteiger partial charge < -0.3 is 18.9 Å². The van der Waals surface area contributed by atoms with Crippen LogP contribution >= 0.6 is 0 Å². The second-order valence-corrected chi connectivity index (χ2v) is 6.10. The molecule has 134 valence electrons. The molecule has 0 N–H and O–H groups in total. The number of aryl methyl sites for hydroxylation is 1. The number of benzene rings is 1. The van der Waals surface area contributed by atoms with Crippen molar-refractivity contribution in [1.82, 2.24) is 15.0 Å². The van der Waals surface area contributed by atoms with Gasteiger partial charge in [-0.25, -0.2) is 0 Å². The first-order valence-corrected chi connectivity index (χ1v) is 8.53. The second-order valence-electron chi connectivity index (χ2n) is 6.10. The van der Waals surface area contributed by atoms with E-state index in [2.05, 4.69) is 10.1 Å². The molecular weight excluding hydrogens is 322 g/mol. The molecule has 1 aliphatic heterocycles. The van der Waals surface area contributed by atoms with Gasteiger partial charge in [0.25, 0.3) is 0 Å². The first-order valence-electron chi connectivity index (χ1n) is 8.53. The van der Waals surface area contributed by atoms with Crippen LogP contribution in [0.3, 0.4) is 0 Å². The van der Waals surface area contributed by atoms with Crippen LogP contribution in [-0.2, 0) is 16.0 Å². The molecule has 2 heterocycles. The third-order valence-corrected chi connectivity index (χ3v) is 4.08. The zero-order chi connectivity index (χ0) is 17.6. The molecule has 3 rings (SSSR count). The van der Waals surface area contributed by atoms with Crippen molar-refractivity contribution < 1.29 is 18.8 Å². The Morgan fingerprint density at radius 2 is 2.24 bits per heavy atom. The van der Waals surface area contributed by atoms with Gasteiger partial charge in [0, 0.05) is 26.1 Å². The number of carbonyl (C=O) groups is 1. The first kappa shape index (κ1) is 17.4. The maximum absolute atomic E-state index is 11.8. The lowest BCUT2D eigenvalue weighted by atomic mass is 10.0. The molecule has 7 nitrogen and oxygen atoms in total. The highest BCUT2D eigenvalue weighted by molar-refractivity contribution is 5.78. The summed E-state index contributed by atoms with van der Waals surface area (Å²) in [6.45, 7) is 6.27. The summed E-state index contributed by atoms with van der Waals surface area (Å²) < 4.78 is 16.1. The summed E-state index contributed by atoms with van der Waals surface area (Å²) in [6.07, 6.45) is 0.581. The van der Waals surface area contributed by atoms with Gasteiger partial charge in [0.2, 0.25) is 11.8 Å². The van der Waals surface area contributed by atoms with Gasteiger partial charge in [0.1, 0.15) is 12.4 Å². The molecule has 1 saturated heterocycles.